The van der Waals surface area contributed by atoms with Crippen molar-refractivity contribution in [2.24, 2.45) is 0 Å². The molecule has 2 rings (SSSR count). The highest BCUT2D eigenvalue weighted by atomic mass is 79.9. The molecular weight excluding hydrogens is 406 g/mol. The molecule has 23 heavy (non-hydrogen) atoms. The SMILES string of the molecule is N#C/C(=C\c1ccc(Br)cc1F)C(=O)Nc1cccc(Cl)c1Cl. The van der Waals surface area contributed by atoms with Crippen molar-refractivity contribution in [2.75, 3.05) is 5.32 Å². The lowest BCUT2D eigenvalue weighted by molar-refractivity contribution is -0.112. The summed E-state index contributed by atoms with van der Waals surface area (Å²) in [5.41, 5.74) is 0.126. The Kier molecular flexibility index (Phi) is 5.78. The molecule has 0 aliphatic carbocycles. The largest absolute Gasteiger partial charge is 0.320 e. The van der Waals surface area contributed by atoms with Gasteiger partial charge in [0.15, 0.2) is 0 Å². The normalized spacial score (nSPS) is 11.0. The molecule has 0 fully saturated rings. The lowest BCUT2D eigenvalue weighted by Gasteiger charge is -2.07. The first-order valence-corrected chi connectivity index (χ1v) is 7.79. The highest BCUT2D eigenvalue weighted by molar-refractivity contribution is 9.10. The minimum absolute atomic E-state index is 0.122. The molecule has 1 N–H and O–H groups in total. The minimum atomic E-state index is -0.709. The number of nitriles is 1. The zero-order chi connectivity index (χ0) is 17.0. The van der Waals surface area contributed by atoms with Gasteiger partial charge in [-0.05, 0) is 30.3 Å². The molecule has 0 bridgehead atoms. The number of hydrogen-bond acceptors (Lipinski definition) is 2. The molecule has 1 amide bonds. The lowest BCUT2D eigenvalue weighted by atomic mass is 10.1. The van der Waals surface area contributed by atoms with Gasteiger partial charge in [0.05, 0.1) is 15.7 Å². The third-order valence-corrected chi connectivity index (χ3v) is 4.14. The Morgan fingerprint density at radius 1 is 1.30 bits per heavy atom. The number of nitrogens with one attached hydrogen (secondary N) is 1. The number of nitrogens with zero attached hydrogens (tertiary/aromatic N) is 1. The Labute approximate surface area is 150 Å². The molecule has 0 saturated carbocycles. The third kappa shape index (κ3) is 4.32. The second kappa shape index (κ2) is 7.60. The molecule has 0 saturated heterocycles. The van der Waals surface area contributed by atoms with Gasteiger partial charge in [0.1, 0.15) is 17.5 Å². The highest BCUT2D eigenvalue weighted by Crippen LogP contribution is 2.29. The van der Waals surface area contributed by atoms with Crippen LogP contribution in [0.4, 0.5) is 10.1 Å². The average molecular weight is 414 g/mol. The maximum Gasteiger partial charge on any atom is 0.266 e. The number of carbonyl (C=O) groups excluding carboxylic acids is 1. The number of benzene rings is 2. The van der Waals surface area contributed by atoms with E-state index in [2.05, 4.69) is 21.2 Å². The summed E-state index contributed by atoms with van der Waals surface area (Å²) in [6.45, 7) is 0. The lowest BCUT2D eigenvalue weighted by Crippen LogP contribution is -2.13. The van der Waals surface area contributed by atoms with Crippen LogP contribution in [-0.2, 0) is 4.79 Å². The summed E-state index contributed by atoms with van der Waals surface area (Å²) in [6, 6.07) is 10.8. The van der Waals surface area contributed by atoms with Crippen LogP contribution >= 0.6 is 39.1 Å². The van der Waals surface area contributed by atoms with Gasteiger partial charge in [-0.25, -0.2) is 4.39 Å². The first-order valence-electron chi connectivity index (χ1n) is 6.24. The fraction of sp³-hybridized carbons (Fsp3) is 0. The third-order valence-electron chi connectivity index (χ3n) is 2.83. The summed E-state index contributed by atoms with van der Waals surface area (Å²) in [6.07, 6.45) is 1.16. The van der Waals surface area contributed by atoms with Gasteiger partial charge in [0.2, 0.25) is 0 Å². The molecule has 0 atom stereocenters. The van der Waals surface area contributed by atoms with Crippen molar-refractivity contribution in [1.82, 2.24) is 0 Å². The molecule has 0 aliphatic heterocycles. The van der Waals surface area contributed by atoms with E-state index in [0.29, 0.717) is 4.47 Å². The van der Waals surface area contributed by atoms with Crippen LogP contribution in [0.1, 0.15) is 5.56 Å². The van der Waals surface area contributed by atoms with Crippen molar-refractivity contribution >= 4 is 56.8 Å². The number of hydrogen-bond donors (Lipinski definition) is 1. The van der Waals surface area contributed by atoms with Crippen molar-refractivity contribution in [3.8, 4) is 6.07 Å². The van der Waals surface area contributed by atoms with Crippen LogP contribution < -0.4 is 5.32 Å². The molecule has 0 heterocycles. The van der Waals surface area contributed by atoms with Gasteiger partial charge >= 0.3 is 0 Å². The summed E-state index contributed by atoms with van der Waals surface area (Å²) in [5, 5.41) is 12.0. The smallest absolute Gasteiger partial charge is 0.266 e. The Bertz CT molecular complexity index is 846. The first-order chi connectivity index (χ1) is 10.9. The van der Waals surface area contributed by atoms with Crippen molar-refractivity contribution in [3.05, 3.63) is 67.9 Å². The number of amides is 1. The Morgan fingerprint density at radius 3 is 2.70 bits per heavy atom. The topological polar surface area (TPSA) is 52.9 Å². The molecule has 7 heteroatoms. The van der Waals surface area contributed by atoms with Gasteiger partial charge in [0.25, 0.3) is 5.91 Å². The van der Waals surface area contributed by atoms with Crippen LogP contribution in [0.25, 0.3) is 6.08 Å². The number of anilines is 1. The summed E-state index contributed by atoms with van der Waals surface area (Å²) in [5.74, 6) is -1.26. The Balaban J connectivity index is 2.30. The molecule has 0 aromatic heterocycles. The van der Waals surface area contributed by atoms with E-state index in [4.69, 9.17) is 28.5 Å². The summed E-state index contributed by atoms with van der Waals surface area (Å²) in [4.78, 5) is 12.2. The zero-order valence-electron chi connectivity index (χ0n) is 11.4. The molecular formula is C16H8BrCl2FN2O. The van der Waals surface area contributed by atoms with Crippen molar-refractivity contribution in [1.29, 1.82) is 5.26 Å². The number of rotatable bonds is 3. The highest BCUT2D eigenvalue weighted by Gasteiger charge is 2.13. The quantitative estimate of drug-likeness (QED) is 0.537. The molecule has 3 nitrogen and oxygen atoms in total. The van der Waals surface area contributed by atoms with Crippen LogP contribution in [0.5, 0.6) is 0 Å². The van der Waals surface area contributed by atoms with Crippen LogP contribution in [0.15, 0.2) is 46.4 Å². The van der Waals surface area contributed by atoms with Gasteiger partial charge in [-0.3, -0.25) is 4.79 Å². The number of halogens is 4. The maximum absolute atomic E-state index is 13.8. The monoisotopic (exact) mass is 412 g/mol. The van der Waals surface area contributed by atoms with Gasteiger partial charge in [0, 0.05) is 10.0 Å². The summed E-state index contributed by atoms with van der Waals surface area (Å²) in [7, 11) is 0. The summed E-state index contributed by atoms with van der Waals surface area (Å²) >= 11 is 15.0. The minimum Gasteiger partial charge on any atom is -0.320 e. The van der Waals surface area contributed by atoms with Crippen molar-refractivity contribution < 1.29 is 9.18 Å². The molecule has 116 valence electrons. The van der Waals surface area contributed by atoms with Gasteiger partial charge in [-0.15, -0.1) is 0 Å². The van der Waals surface area contributed by atoms with Crippen LogP contribution in [0, 0.1) is 17.1 Å². The van der Waals surface area contributed by atoms with E-state index < -0.39 is 11.7 Å². The molecule has 0 spiro atoms. The second-order valence-corrected chi connectivity index (χ2v) is 6.09. The molecule has 0 aliphatic rings. The van der Waals surface area contributed by atoms with E-state index in [1.165, 1.54) is 12.1 Å². The average Bonchev–Trinajstić information content (AvgIpc) is 2.51. The van der Waals surface area contributed by atoms with Gasteiger partial charge in [-0.2, -0.15) is 5.26 Å². The van der Waals surface area contributed by atoms with E-state index in [9.17, 15) is 9.18 Å². The standard InChI is InChI=1S/C16H8BrCl2FN2O/c17-11-5-4-9(13(20)7-11)6-10(8-21)16(23)22-14-3-1-2-12(18)15(14)19/h1-7H,(H,22,23)/b10-6+. The van der Waals surface area contributed by atoms with Crippen LogP contribution in [-0.4, -0.2) is 5.91 Å². The van der Waals surface area contributed by atoms with E-state index in [1.807, 2.05) is 0 Å². The zero-order valence-corrected chi connectivity index (χ0v) is 14.5. The molecule has 2 aromatic carbocycles. The number of carbonyl (C=O) groups is 1. The molecule has 0 radical (unpaired) electrons. The summed E-state index contributed by atoms with van der Waals surface area (Å²) < 4.78 is 14.4. The fourth-order valence-corrected chi connectivity index (χ4v) is 2.39. The van der Waals surface area contributed by atoms with Crippen molar-refractivity contribution in [2.45, 2.75) is 0 Å². The van der Waals surface area contributed by atoms with E-state index in [0.717, 1.165) is 6.08 Å². The Morgan fingerprint density at radius 2 is 2.04 bits per heavy atom. The van der Waals surface area contributed by atoms with Gasteiger partial charge in [-0.1, -0.05) is 51.3 Å². The maximum atomic E-state index is 13.8. The predicted octanol–water partition coefficient (Wildman–Crippen LogP) is 5.44. The second-order valence-electron chi connectivity index (χ2n) is 4.39. The predicted molar refractivity (Wildman–Crippen MR) is 92.8 cm³/mol. The van der Waals surface area contributed by atoms with Crippen LogP contribution in [0.2, 0.25) is 10.0 Å². The Hall–Kier alpha value is -1.87. The van der Waals surface area contributed by atoms with E-state index in [-0.39, 0.29) is 26.9 Å². The van der Waals surface area contributed by atoms with E-state index in [1.54, 1.807) is 30.3 Å². The first kappa shape index (κ1) is 17.5. The van der Waals surface area contributed by atoms with Crippen molar-refractivity contribution in [3.63, 3.8) is 0 Å². The molecule has 0 unspecified atom stereocenters. The van der Waals surface area contributed by atoms with Gasteiger partial charge < -0.3 is 5.32 Å². The fourth-order valence-electron chi connectivity index (χ4n) is 1.71. The van der Waals surface area contributed by atoms with E-state index >= 15 is 0 Å². The molecule has 2 aromatic rings. The van der Waals surface area contributed by atoms with Crippen LogP contribution in [0.3, 0.4) is 0 Å².